The maximum absolute atomic E-state index is 13.5. The van der Waals surface area contributed by atoms with Crippen LogP contribution < -0.4 is 10.5 Å². The molecule has 0 aliphatic heterocycles. The summed E-state index contributed by atoms with van der Waals surface area (Å²) in [6, 6.07) is 23.3. The molecule has 3 aromatic carbocycles. The molecular weight excluding hydrogens is 410 g/mol. The molecule has 4 N–H and O–H groups in total. The summed E-state index contributed by atoms with van der Waals surface area (Å²) < 4.78 is 22.8. The van der Waals surface area contributed by atoms with Gasteiger partial charge in [0.05, 0.1) is 10.9 Å². The zero-order valence-corrected chi connectivity index (χ0v) is 17.6. The van der Waals surface area contributed by atoms with E-state index in [1.165, 1.54) is 12.1 Å². The lowest BCUT2D eigenvalue weighted by atomic mass is 9.96. The van der Waals surface area contributed by atoms with Crippen LogP contribution in [-0.4, -0.2) is 25.7 Å². The summed E-state index contributed by atoms with van der Waals surface area (Å²) in [5.74, 6) is -0.00627. The zero-order valence-electron chi connectivity index (χ0n) is 16.8. The van der Waals surface area contributed by atoms with Crippen molar-refractivity contribution in [2.75, 3.05) is 6.54 Å². The Kier molecular flexibility index (Phi) is 5.99. The van der Waals surface area contributed by atoms with E-state index in [4.69, 9.17) is 5.14 Å². The van der Waals surface area contributed by atoms with Crippen LogP contribution in [0.15, 0.2) is 90.0 Å². The molecule has 1 aromatic heterocycles. The second kappa shape index (κ2) is 8.85. The lowest BCUT2D eigenvalue weighted by Crippen LogP contribution is -2.30. The number of benzene rings is 3. The van der Waals surface area contributed by atoms with E-state index in [1.54, 1.807) is 18.3 Å². The Hall–Kier alpha value is -3.26. The van der Waals surface area contributed by atoms with E-state index in [0.29, 0.717) is 18.5 Å². The molecule has 1 heterocycles. The molecule has 31 heavy (non-hydrogen) atoms. The summed E-state index contributed by atoms with van der Waals surface area (Å²) in [6.45, 7) is 0.544. The third kappa shape index (κ3) is 4.74. The van der Waals surface area contributed by atoms with Gasteiger partial charge in [0.15, 0.2) is 5.78 Å². The number of aromatic amines is 1. The first-order chi connectivity index (χ1) is 14.9. The third-order valence-electron chi connectivity index (χ3n) is 5.26. The predicted molar refractivity (Wildman–Crippen MR) is 121 cm³/mol. The number of carbonyl (C=O) groups is 1. The monoisotopic (exact) mass is 433 g/mol. The molecule has 0 radical (unpaired) electrons. The van der Waals surface area contributed by atoms with Gasteiger partial charge in [0.25, 0.3) is 0 Å². The number of hydrogen-bond donors (Lipinski definition) is 3. The van der Waals surface area contributed by atoms with E-state index < -0.39 is 16.1 Å². The fourth-order valence-corrected chi connectivity index (χ4v) is 4.16. The van der Waals surface area contributed by atoms with Crippen LogP contribution in [0, 0.1) is 0 Å². The second-order valence-corrected chi connectivity index (χ2v) is 8.91. The lowest BCUT2D eigenvalue weighted by molar-refractivity contribution is 0.0945. The Labute approximate surface area is 181 Å². The number of sulfonamides is 1. The second-order valence-electron chi connectivity index (χ2n) is 7.35. The molecule has 0 saturated carbocycles. The van der Waals surface area contributed by atoms with Crippen LogP contribution in [0.2, 0.25) is 0 Å². The minimum absolute atomic E-state index is 0.00627. The molecule has 1 unspecified atom stereocenters. The Morgan fingerprint density at radius 1 is 0.935 bits per heavy atom. The highest BCUT2D eigenvalue weighted by molar-refractivity contribution is 7.89. The average molecular weight is 434 g/mol. The Bertz CT molecular complexity index is 1300. The lowest BCUT2D eigenvalue weighted by Gasteiger charge is -2.18. The third-order valence-corrected chi connectivity index (χ3v) is 6.19. The number of carbonyl (C=O) groups excluding carboxylic acids is 1. The van der Waals surface area contributed by atoms with Gasteiger partial charge < -0.3 is 10.3 Å². The molecule has 0 aliphatic rings. The number of hydrogen-bond acceptors (Lipinski definition) is 4. The van der Waals surface area contributed by atoms with Crippen molar-refractivity contribution in [3.05, 3.63) is 102 Å². The zero-order chi connectivity index (χ0) is 21.8. The number of para-hydroxylation sites is 1. The minimum atomic E-state index is -3.71. The van der Waals surface area contributed by atoms with Gasteiger partial charge in [0.2, 0.25) is 10.0 Å². The van der Waals surface area contributed by atoms with E-state index in [-0.39, 0.29) is 10.7 Å². The highest BCUT2D eigenvalue weighted by Gasteiger charge is 2.23. The number of rotatable bonds is 8. The van der Waals surface area contributed by atoms with E-state index in [9.17, 15) is 13.2 Å². The first-order valence-corrected chi connectivity index (χ1v) is 11.5. The largest absolute Gasteiger partial charge is 0.360 e. The highest BCUT2D eigenvalue weighted by Crippen LogP contribution is 2.24. The Morgan fingerprint density at radius 3 is 2.32 bits per heavy atom. The van der Waals surface area contributed by atoms with Crippen molar-refractivity contribution in [1.82, 2.24) is 10.3 Å². The smallest absolute Gasteiger partial charge is 0.238 e. The van der Waals surface area contributed by atoms with E-state index in [0.717, 1.165) is 22.0 Å². The molecule has 7 heteroatoms. The summed E-state index contributed by atoms with van der Waals surface area (Å²) in [6.07, 6.45) is 2.39. The molecule has 6 nitrogen and oxygen atoms in total. The normalized spacial score (nSPS) is 12.7. The number of nitrogens with one attached hydrogen (secondary N) is 2. The number of aromatic nitrogens is 1. The van der Waals surface area contributed by atoms with Gasteiger partial charge in [0.1, 0.15) is 0 Å². The quantitative estimate of drug-likeness (QED) is 0.369. The molecule has 4 aromatic rings. The summed E-state index contributed by atoms with van der Waals surface area (Å²) in [5.41, 5.74) is 3.41. The van der Waals surface area contributed by atoms with Crippen molar-refractivity contribution in [3.8, 4) is 0 Å². The predicted octanol–water partition coefficient (Wildman–Crippen LogP) is 3.57. The van der Waals surface area contributed by atoms with E-state index in [2.05, 4.69) is 10.3 Å². The molecule has 158 valence electrons. The van der Waals surface area contributed by atoms with Gasteiger partial charge in [0, 0.05) is 29.2 Å². The number of H-pyrrole nitrogens is 1. The molecule has 0 amide bonds. The number of nitrogens with two attached hydrogens (primary N) is 1. The van der Waals surface area contributed by atoms with Crippen molar-refractivity contribution < 1.29 is 13.2 Å². The first kappa shape index (κ1) is 21.0. The highest BCUT2D eigenvalue weighted by atomic mass is 32.2. The fourth-order valence-electron chi connectivity index (χ4n) is 3.64. The van der Waals surface area contributed by atoms with Crippen molar-refractivity contribution in [3.63, 3.8) is 0 Å². The molecule has 0 saturated heterocycles. The van der Waals surface area contributed by atoms with Gasteiger partial charge in [-0.25, -0.2) is 13.6 Å². The standard InChI is InChI=1S/C24H23N3O3S/c25-31(29,30)19-12-10-17(11-13-19)14-15-26-23(18-6-2-1-3-7-18)24(28)21-16-27-22-9-5-4-8-20(21)22/h1-13,16,23,26-27H,14-15H2,(H2,25,29,30). The van der Waals surface area contributed by atoms with Gasteiger partial charge in [-0.15, -0.1) is 0 Å². The molecule has 0 fully saturated rings. The first-order valence-electron chi connectivity index (χ1n) is 9.94. The maximum Gasteiger partial charge on any atom is 0.238 e. The summed E-state index contributed by atoms with van der Waals surface area (Å²) in [4.78, 5) is 16.7. The van der Waals surface area contributed by atoms with Crippen molar-refractivity contribution in [2.24, 2.45) is 5.14 Å². The Morgan fingerprint density at radius 2 is 1.61 bits per heavy atom. The fraction of sp³-hybridized carbons (Fsp3) is 0.125. The van der Waals surface area contributed by atoms with E-state index in [1.807, 2.05) is 54.6 Å². The van der Waals surface area contributed by atoms with Gasteiger partial charge in [-0.05, 0) is 35.7 Å². The van der Waals surface area contributed by atoms with Crippen molar-refractivity contribution in [2.45, 2.75) is 17.4 Å². The minimum Gasteiger partial charge on any atom is -0.360 e. The van der Waals surface area contributed by atoms with E-state index >= 15 is 0 Å². The molecule has 0 spiro atoms. The van der Waals surface area contributed by atoms with Gasteiger partial charge >= 0.3 is 0 Å². The van der Waals surface area contributed by atoms with Gasteiger partial charge in [-0.3, -0.25) is 4.79 Å². The van der Waals surface area contributed by atoms with Crippen LogP contribution in [0.3, 0.4) is 0 Å². The number of Topliss-reactive ketones (excluding diaryl/α,β-unsaturated/α-hetero) is 1. The number of ketones is 1. The van der Waals surface area contributed by atoms with Crippen LogP contribution in [0.25, 0.3) is 10.9 Å². The molecular formula is C24H23N3O3S. The van der Waals surface area contributed by atoms with Crippen molar-refractivity contribution in [1.29, 1.82) is 0 Å². The molecule has 0 aliphatic carbocycles. The molecule has 0 bridgehead atoms. The van der Waals surface area contributed by atoms with Gasteiger partial charge in [-0.1, -0.05) is 60.7 Å². The van der Waals surface area contributed by atoms with Crippen LogP contribution in [0.4, 0.5) is 0 Å². The van der Waals surface area contributed by atoms with Crippen LogP contribution >= 0.6 is 0 Å². The maximum atomic E-state index is 13.5. The van der Waals surface area contributed by atoms with Crippen molar-refractivity contribution >= 4 is 26.7 Å². The number of fused-ring (bicyclic) bond motifs is 1. The molecule has 1 atom stereocenters. The average Bonchev–Trinajstić information content (AvgIpc) is 3.21. The molecule has 4 rings (SSSR count). The summed E-state index contributed by atoms with van der Waals surface area (Å²) >= 11 is 0. The summed E-state index contributed by atoms with van der Waals surface area (Å²) in [7, 11) is -3.71. The summed E-state index contributed by atoms with van der Waals surface area (Å²) in [5, 5.41) is 9.42. The van der Waals surface area contributed by atoms with Crippen LogP contribution in [-0.2, 0) is 16.4 Å². The van der Waals surface area contributed by atoms with Crippen LogP contribution in [0.1, 0.15) is 27.5 Å². The van der Waals surface area contributed by atoms with Crippen LogP contribution in [0.5, 0.6) is 0 Å². The topological polar surface area (TPSA) is 105 Å². The SMILES string of the molecule is NS(=O)(=O)c1ccc(CCNC(C(=O)c2c[nH]c3ccccc23)c2ccccc2)cc1. The Balaban J connectivity index is 1.53. The number of primary sulfonamides is 1. The van der Waals surface area contributed by atoms with Gasteiger partial charge in [-0.2, -0.15) is 0 Å².